The monoisotopic (exact) mass is 323 g/mol. The summed E-state index contributed by atoms with van der Waals surface area (Å²) in [6, 6.07) is 7.53. The highest BCUT2D eigenvalue weighted by atomic mass is 35.5. The van der Waals surface area contributed by atoms with E-state index in [-0.39, 0.29) is 12.5 Å². The molecule has 0 saturated carbocycles. The van der Waals surface area contributed by atoms with E-state index in [1.807, 2.05) is 31.2 Å². The van der Waals surface area contributed by atoms with Crippen LogP contribution in [-0.4, -0.2) is 32.5 Å². The molecule has 120 valence electrons. The quantitative estimate of drug-likeness (QED) is 0.691. The Morgan fingerprint density at radius 2 is 2.00 bits per heavy atom. The number of hydrogen-bond acceptors (Lipinski definition) is 2. The Kier molecular flexibility index (Phi) is 8.07. The SMILES string of the molecule is CCNCC(CCOCC(F)(F)F)Cc1ccccc1Cl. The van der Waals surface area contributed by atoms with Crippen LogP contribution in [0, 0.1) is 5.92 Å². The van der Waals surface area contributed by atoms with Crippen LogP contribution in [0.4, 0.5) is 13.2 Å². The first-order chi connectivity index (χ1) is 9.92. The topological polar surface area (TPSA) is 21.3 Å². The van der Waals surface area contributed by atoms with E-state index >= 15 is 0 Å². The molecular weight excluding hydrogens is 303 g/mol. The van der Waals surface area contributed by atoms with Gasteiger partial charge in [-0.15, -0.1) is 0 Å². The summed E-state index contributed by atoms with van der Waals surface area (Å²) in [7, 11) is 0. The standard InChI is InChI=1S/C15H21ClF3NO/c1-2-20-10-12(7-8-21-11-15(17,18)19)9-13-5-3-4-6-14(13)16/h3-6,12,20H,2,7-11H2,1H3. The van der Waals surface area contributed by atoms with Gasteiger partial charge in [-0.25, -0.2) is 0 Å². The molecule has 0 heterocycles. The van der Waals surface area contributed by atoms with Gasteiger partial charge in [-0.2, -0.15) is 13.2 Å². The molecule has 0 aliphatic rings. The molecule has 1 atom stereocenters. The van der Waals surface area contributed by atoms with Crippen LogP contribution >= 0.6 is 11.6 Å². The minimum atomic E-state index is -4.26. The lowest BCUT2D eigenvalue weighted by Crippen LogP contribution is -2.26. The molecule has 0 radical (unpaired) electrons. The van der Waals surface area contributed by atoms with E-state index in [0.717, 1.165) is 25.1 Å². The van der Waals surface area contributed by atoms with E-state index in [4.69, 9.17) is 16.3 Å². The molecule has 2 nitrogen and oxygen atoms in total. The minimum Gasteiger partial charge on any atom is -0.372 e. The van der Waals surface area contributed by atoms with Gasteiger partial charge in [-0.05, 0) is 43.5 Å². The summed E-state index contributed by atoms with van der Waals surface area (Å²) >= 11 is 6.12. The van der Waals surface area contributed by atoms with Crippen LogP contribution in [0.1, 0.15) is 18.9 Å². The normalized spacial score (nSPS) is 13.4. The Morgan fingerprint density at radius 3 is 2.62 bits per heavy atom. The van der Waals surface area contributed by atoms with Crippen molar-refractivity contribution in [2.45, 2.75) is 25.9 Å². The Hall–Kier alpha value is -0.780. The molecule has 0 amide bonds. The molecule has 1 N–H and O–H groups in total. The van der Waals surface area contributed by atoms with E-state index < -0.39 is 12.8 Å². The number of hydrogen-bond donors (Lipinski definition) is 1. The van der Waals surface area contributed by atoms with Gasteiger partial charge in [0, 0.05) is 11.6 Å². The molecule has 0 aromatic heterocycles. The summed E-state index contributed by atoms with van der Waals surface area (Å²) < 4.78 is 40.8. The zero-order chi connectivity index (χ0) is 15.7. The van der Waals surface area contributed by atoms with Crippen LogP contribution in [-0.2, 0) is 11.2 Å². The van der Waals surface area contributed by atoms with Gasteiger partial charge in [0.05, 0.1) is 0 Å². The zero-order valence-electron chi connectivity index (χ0n) is 12.0. The number of halogens is 4. The molecule has 0 aliphatic heterocycles. The van der Waals surface area contributed by atoms with E-state index in [1.165, 1.54) is 0 Å². The van der Waals surface area contributed by atoms with Crippen molar-refractivity contribution in [1.82, 2.24) is 5.32 Å². The average Bonchev–Trinajstić information content (AvgIpc) is 2.41. The van der Waals surface area contributed by atoms with Crippen molar-refractivity contribution in [3.8, 4) is 0 Å². The summed E-state index contributed by atoms with van der Waals surface area (Å²) in [4.78, 5) is 0. The lowest BCUT2D eigenvalue weighted by Gasteiger charge is -2.18. The van der Waals surface area contributed by atoms with Gasteiger partial charge >= 0.3 is 6.18 Å². The summed E-state index contributed by atoms with van der Waals surface area (Å²) in [5.74, 6) is 0.193. The number of nitrogens with one attached hydrogen (secondary N) is 1. The fourth-order valence-corrected chi connectivity index (χ4v) is 2.25. The highest BCUT2D eigenvalue weighted by Gasteiger charge is 2.27. The van der Waals surface area contributed by atoms with Crippen LogP contribution in [0.25, 0.3) is 0 Å². The van der Waals surface area contributed by atoms with Gasteiger partial charge in [0.15, 0.2) is 0 Å². The van der Waals surface area contributed by atoms with E-state index in [0.29, 0.717) is 11.4 Å². The number of benzene rings is 1. The van der Waals surface area contributed by atoms with Gasteiger partial charge in [-0.1, -0.05) is 36.7 Å². The van der Waals surface area contributed by atoms with E-state index in [2.05, 4.69) is 5.32 Å². The molecule has 1 aromatic carbocycles. The van der Waals surface area contributed by atoms with Gasteiger partial charge in [-0.3, -0.25) is 0 Å². The lowest BCUT2D eigenvalue weighted by molar-refractivity contribution is -0.174. The molecule has 0 fully saturated rings. The molecule has 1 aromatic rings. The maximum absolute atomic E-state index is 12.0. The maximum atomic E-state index is 12.0. The molecule has 1 rings (SSSR count). The maximum Gasteiger partial charge on any atom is 0.411 e. The fourth-order valence-electron chi connectivity index (χ4n) is 2.04. The second kappa shape index (κ2) is 9.28. The molecule has 6 heteroatoms. The molecule has 0 bridgehead atoms. The Balaban J connectivity index is 2.46. The molecule has 21 heavy (non-hydrogen) atoms. The van der Waals surface area contributed by atoms with E-state index in [1.54, 1.807) is 0 Å². The van der Waals surface area contributed by atoms with Crippen molar-refractivity contribution in [3.63, 3.8) is 0 Å². The van der Waals surface area contributed by atoms with Crippen LogP contribution in [0.5, 0.6) is 0 Å². The average molecular weight is 324 g/mol. The molecule has 0 saturated heterocycles. The smallest absolute Gasteiger partial charge is 0.372 e. The van der Waals surface area contributed by atoms with Crippen LogP contribution in [0.2, 0.25) is 5.02 Å². The van der Waals surface area contributed by atoms with Gasteiger partial charge in [0.1, 0.15) is 6.61 Å². The molecular formula is C15H21ClF3NO. The lowest BCUT2D eigenvalue weighted by atomic mass is 9.96. The number of rotatable bonds is 9. The Labute approximate surface area is 128 Å². The molecule has 1 unspecified atom stereocenters. The zero-order valence-corrected chi connectivity index (χ0v) is 12.8. The third-order valence-corrected chi connectivity index (χ3v) is 3.45. The number of alkyl halides is 3. The van der Waals surface area contributed by atoms with Crippen molar-refractivity contribution >= 4 is 11.6 Å². The van der Waals surface area contributed by atoms with Crippen molar-refractivity contribution < 1.29 is 17.9 Å². The summed E-state index contributed by atoms with van der Waals surface area (Å²) in [6.45, 7) is 2.46. The van der Waals surface area contributed by atoms with Crippen molar-refractivity contribution in [1.29, 1.82) is 0 Å². The predicted octanol–water partition coefficient (Wildman–Crippen LogP) is 4.08. The van der Waals surface area contributed by atoms with Crippen LogP contribution in [0.3, 0.4) is 0 Å². The van der Waals surface area contributed by atoms with Gasteiger partial charge < -0.3 is 10.1 Å². The third kappa shape index (κ3) is 8.29. The first-order valence-corrected chi connectivity index (χ1v) is 7.38. The van der Waals surface area contributed by atoms with Crippen molar-refractivity contribution in [2.75, 3.05) is 26.3 Å². The molecule has 0 aliphatic carbocycles. The Morgan fingerprint density at radius 1 is 1.29 bits per heavy atom. The summed E-state index contributed by atoms with van der Waals surface area (Å²) in [5.41, 5.74) is 1.01. The largest absolute Gasteiger partial charge is 0.411 e. The van der Waals surface area contributed by atoms with Crippen molar-refractivity contribution in [3.05, 3.63) is 34.9 Å². The fraction of sp³-hybridized carbons (Fsp3) is 0.600. The van der Waals surface area contributed by atoms with Gasteiger partial charge in [0.25, 0.3) is 0 Å². The van der Waals surface area contributed by atoms with Crippen LogP contribution < -0.4 is 5.32 Å². The first kappa shape index (κ1) is 18.3. The second-order valence-corrected chi connectivity index (χ2v) is 5.33. The number of ether oxygens (including phenoxy) is 1. The highest BCUT2D eigenvalue weighted by Crippen LogP contribution is 2.21. The van der Waals surface area contributed by atoms with E-state index in [9.17, 15) is 13.2 Å². The summed E-state index contributed by atoms with van der Waals surface area (Å²) in [5, 5.41) is 3.91. The first-order valence-electron chi connectivity index (χ1n) is 7.01. The Bertz CT molecular complexity index is 412. The van der Waals surface area contributed by atoms with Crippen molar-refractivity contribution in [2.24, 2.45) is 5.92 Å². The minimum absolute atomic E-state index is 0.0972. The van der Waals surface area contributed by atoms with Crippen LogP contribution in [0.15, 0.2) is 24.3 Å². The predicted molar refractivity (Wildman–Crippen MR) is 78.7 cm³/mol. The molecule has 0 spiro atoms. The third-order valence-electron chi connectivity index (χ3n) is 3.09. The van der Waals surface area contributed by atoms with Gasteiger partial charge in [0.2, 0.25) is 0 Å². The second-order valence-electron chi connectivity index (χ2n) is 4.93. The highest BCUT2D eigenvalue weighted by molar-refractivity contribution is 6.31. The summed E-state index contributed by atoms with van der Waals surface area (Å²) in [6.07, 6.45) is -2.98.